The van der Waals surface area contributed by atoms with Crippen LogP contribution in [-0.2, 0) is 28.6 Å². The van der Waals surface area contributed by atoms with Gasteiger partial charge in [0.25, 0.3) is 5.69 Å². The number of nitro groups is 1. The van der Waals surface area contributed by atoms with E-state index in [-0.39, 0.29) is 36.0 Å². The van der Waals surface area contributed by atoms with E-state index in [1.165, 1.54) is 37.1 Å². The number of esters is 3. The van der Waals surface area contributed by atoms with Crippen molar-refractivity contribution in [1.29, 1.82) is 0 Å². The molecule has 0 radical (unpaired) electrons. The van der Waals surface area contributed by atoms with Crippen molar-refractivity contribution in [2.24, 2.45) is 16.6 Å². The first-order valence-electron chi connectivity index (χ1n) is 10.9. The molecule has 1 heterocycles. The number of nitro benzene ring substituents is 1. The first kappa shape index (κ1) is 28.0. The summed E-state index contributed by atoms with van der Waals surface area (Å²) in [6.07, 6.45) is 0. The number of rotatable bonds is 11. The fourth-order valence-electron chi connectivity index (χ4n) is 3.72. The third-order valence-corrected chi connectivity index (χ3v) is 6.31. The van der Waals surface area contributed by atoms with Crippen LogP contribution in [0.25, 0.3) is 0 Å². The predicted molar refractivity (Wildman–Crippen MR) is 130 cm³/mol. The Morgan fingerprint density at radius 2 is 1.91 bits per heavy atom. The van der Waals surface area contributed by atoms with Gasteiger partial charge in [-0.25, -0.2) is 4.79 Å². The maximum absolute atomic E-state index is 13.1. The number of thioether (sulfide) groups is 1. The predicted octanol–water partition coefficient (Wildman–Crippen LogP) is 2.38. The molecule has 11 nitrogen and oxygen atoms in total. The van der Waals surface area contributed by atoms with Crippen molar-refractivity contribution in [3.63, 3.8) is 0 Å². The lowest BCUT2D eigenvalue weighted by atomic mass is 9.75. The van der Waals surface area contributed by atoms with Crippen molar-refractivity contribution in [2.45, 2.75) is 32.7 Å². The van der Waals surface area contributed by atoms with Gasteiger partial charge in [-0.3, -0.25) is 24.7 Å². The van der Waals surface area contributed by atoms with Gasteiger partial charge in [0.2, 0.25) is 0 Å². The van der Waals surface area contributed by atoms with Gasteiger partial charge >= 0.3 is 17.9 Å². The van der Waals surface area contributed by atoms with Crippen molar-refractivity contribution in [2.75, 3.05) is 31.8 Å². The second kappa shape index (κ2) is 13.0. The van der Waals surface area contributed by atoms with E-state index >= 15 is 0 Å². The van der Waals surface area contributed by atoms with E-state index in [1.54, 1.807) is 26.8 Å². The van der Waals surface area contributed by atoms with Crippen molar-refractivity contribution < 1.29 is 33.5 Å². The lowest BCUT2D eigenvalue weighted by Gasteiger charge is -2.32. The normalized spacial score (nSPS) is 18.4. The summed E-state index contributed by atoms with van der Waals surface area (Å²) in [6.45, 7) is 5.23. The molecule has 0 fully saturated rings. The van der Waals surface area contributed by atoms with Crippen LogP contribution in [0.1, 0.15) is 32.3 Å². The number of hydrogen-bond donors (Lipinski definition) is 1. The zero-order valence-electron chi connectivity index (χ0n) is 20.0. The maximum Gasteiger partial charge on any atom is 0.336 e. The number of aliphatic imine (C=N–C) groups is 1. The minimum absolute atomic E-state index is 0.0731. The third kappa shape index (κ3) is 6.89. The van der Waals surface area contributed by atoms with Crippen LogP contribution in [0.3, 0.4) is 0 Å². The number of carbonyl (C=O) groups is 3. The van der Waals surface area contributed by atoms with E-state index in [4.69, 9.17) is 19.9 Å². The topological polar surface area (TPSA) is 160 Å². The van der Waals surface area contributed by atoms with E-state index in [0.29, 0.717) is 17.0 Å². The molecule has 35 heavy (non-hydrogen) atoms. The molecule has 0 bridgehead atoms. The van der Waals surface area contributed by atoms with Gasteiger partial charge in [-0.1, -0.05) is 12.1 Å². The molecular weight excluding hydrogens is 478 g/mol. The van der Waals surface area contributed by atoms with Crippen LogP contribution in [-0.4, -0.2) is 66.4 Å². The smallest absolute Gasteiger partial charge is 0.336 e. The number of nitrogens with zero attached hydrogens (tertiary/aromatic N) is 2. The Morgan fingerprint density at radius 3 is 2.51 bits per heavy atom. The summed E-state index contributed by atoms with van der Waals surface area (Å²) in [7, 11) is 1.22. The van der Waals surface area contributed by atoms with Gasteiger partial charge < -0.3 is 19.9 Å². The molecule has 0 saturated carbocycles. The van der Waals surface area contributed by atoms with Crippen LogP contribution in [0.15, 0.2) is 40.5 Å². The van der Waals surface area contributed by atoms with Crippen LogP contribution in [0.4, 0.5) is 5.69 Å². The summed E-state index contributed by atoms with van der Waals surface area (Å²) in [5.74, 6) is -3.40. The number of benzene rings is 1. The molecule has 1 aliphatic heterocycles. The molecule has 12 heteroatoms. The highest BCUT2D eigenvalue weighted by Gasteiger charge is 2.43. The van der Waals surface area contributed by atoms with Crippen LogP contribution < -0.4 is 5.73 Å². The Bertz CT molecular complexity index is 1040. The fraction of sp³-hybridized carbons (Fsp3) is 0.478. The quantitative estimate of drug-likeness (QED) is 0.204. The molecule has 0 aliphatic carbocycles. The molecular formula is C23H29N3O8S. The summed E-state index contributed by atoms with van der Waals surface area (Å²) >= 11 is 1.26. The van der Waals surface area contributed by atoms with Crippen molar-refractivity contribution >= 4 is 41.1 Å². The second-order valence-corrected chi connectivity index (χ2v) is 8.57. The van der Waals surface area contributed by atoms with Crippen LogP contribution in [0, 0.1) is 16.0 Å². The third-order valence-electron chi connectivity index (χ3n) is 5.23. The number of nitrogens with two attached hydrogens (primary N) is 1. The van der Waals surface area contributed by atoms with Gasteiger partial charge in [0.15, 0.2) is 0 Å². The summed E-state index contributed by atoms with van der Waals surface area (Å²) in [4.78, 5) is 53.1. The monoisotopic (exact) mass is 507 g/mol. The van der Waals surface area contributed by atoms with Crippen molar-refractivity contribution in [3.8, 4) is 0 Å². The molecule has 0 saturated heterocycles. The first-order valence-corrected chi connectivity index (χ1v) is 12.1. The van der Waals surface area contributed by atoms with E-state index in [1.807, 2.05) is 0 Å². The molecule has 0 amide bonds. The highest BCUT2D eigenvalue weighted by atomic mass is 32.2. The Hall–Kier alpha value is -3.25. The lowest BCUT2D eigenvalue weighted by Crippen LogP contribution is -2.37. The number of methoxy groups -OCH3 is 1. The van der Waals surface area contributed by atoms with E-state index in [0.717, 1.165) is 0 Å². The van der Waals surface area contributed by atoms with Gasteiger partial charge in [-0.15, -0.1) is 0 Å². The highest BCUT2D eigenvalue weighted by molar-refractivity contribution is 7.99. The molecule has 2 N–H and O–H groups in total. The Morgan fingerprint density at radius 1 is 1.23 bits per heavy atom. The molecule has 0 aromatic heterocycles. The van der Waals surface area contributed by atoms with Gasteiger partial charge in [0.05, 0.1) is 36.5 Å². The minimum atomic E-state index is -0.989. The number of hydrogen-bond acceptors (Lipinski definition) is 11. The van der Waals surface area contributed by atoms with Crippen LogP contribution in [0.5, 0.6) is 0 Å². The fourth-order valence-corrected chi connectivity index (χ4v) is 4.64. The first-order chi connectivity index (χ1) is 16.7. The zero-order chi connectivity index (χ0) is 26.1. The van der Waals surface area contributed by atoms with Crippen molar-refractivity contribution in [3.05, 3.63) is 51.2 Å². The number of ether oxygens (including phenoxy) is 3. The standard InChI is InChI=1S/C23H29N3O8S/c1-5-33-21(27)16(24)11-35-12-17-20(23(29)34-6-2)19(18(13(3)25-17)22(28)32-4)14-8-7-9-15(10-14)26(30)31/h7-10,16,18-19H,5-6,11-12,24H2,1-4H3. The average Bonchev–Trinajstić information content (AvgIpc) is 2.83. The largest absolute Gasteiger partial charge is 0.468 e. The van der Waals surface area contributed by atoms with Crippen LogP contribution in [0.2, 0.25) is 0 Å². The van der Waals surface area contributed by atoms with Gasteiger partial charge in [-0.2, -0.15) is 11.8 Å². The Kier molecular flexibility index (Phi) is 10.4. The highest BCUT2D eigenvalue weighted by Crippen LogP contribution is 2.41. The summed E-state index contributed by atoms with van der Waals surface area (Å²) < 4.78 is 15.2. The summed E-state index contributed by atoms with van der Waals surface area (Å²) in [6, 6.07) is 4.86. The molecule has 3 unspecified atom stereocenters. The molecule has 190 valence electrons. The minimum Gasteiger partial charge on any atom is -0.468 e. The summed E-state index contributed by atoms with van der Waals surface area (Å²) in [5.41, 5.74) is 6.87. The Labute approximate surface area is 207 Å². The molecule has 0 spiro atoms. The van der Waals surface area contributed by atoms with E-state index in [2.05, 4.69) is 4.99 Å². The van der Waals surface area contributed by atoms with Gasteiger partial charge in [0, 0.05) is 35.3 Å². The molecule has 1 aromatic carbocycles. The second-order valence-electron chi connectivity index (χ2n) is 7.54. The van der Waals surface area contributed by atoms with Crippen LogP contribution >= 0.6 is 11.8 Å². The number of carbonyl (C=O) groups excluding carboxylic acids is 3. The molecule has 1 aliphatic rings. The zero-order valence-corrected chi connectivity index (χ0v) is 20.8. The van der Waals surface area contributed by atoms with Gasteiger partial charge in [0.1, 0.15) is 12.0 Å². The van der Waals surface area contributed by atoms with Crippen molar-refractivity contribution in [1.82, 2.24) is 0 Å². The average molecular weight is 508 g/mol. The lowest BCUT2D eigenvalue weighted by molar-refractivity contribution is -0.384. The number of non-ortho nitro benzene ring substituents is 1. The molecule has 2 rings (SSSR count). The maximum atomic E-state index is 13.1. The van der Waals surface area contributed by atoms with E-state index < -0.39 is 40.7 Å². The molecule has 1 aromatic rings. The SMILES string of the molecule is CCOC(=O)C1=C(CSCC(N)C(=O)OCC)N=C(C)C(C(=O)OC)C1c1cccc([N+](=O)[O-])c1. The molecule has 3 atom stereocenters. The Balaban J connectivity index is 2.56. The summed E-state index contributed by atoms with van der Waals surface area (Å²) in [5, 5.41) is 11.4. The van der Waals surface area contributed by atoms with Gasteiger partial charge in [-0.05, 0) is 26.3 Å². The van der Waals surface area contributed by atoms with E-state index in [9.17, 15) is 24.5 Å².